The molecule has 0 aromatic heterocycles. The standard InChI is InChI=1S/C8H9BF3.K/c1-6-4-3-5-8(7(6)2)9(10,11)12;/h3-5H,1-2H3;/q-1;+1. The van der Waals surface area contributed by atoms with E-state index in [4.69, 9.17) is 0 Å². The number of rotatable bonds is 1. The van der Waals surface area contributed by atoms with Gasteiger partial charge in [0.05, 0.1) is 0 Å². The topological polar surface area (TPSA) is 0 Å². The van der Waals surface area contributed by atoms with Crippen LogP contribution < -0.4 is 56.8 Å². The fraction of sp³-hybridized carbons (Fsp3) is 0.250. The smallest absolute Gasteiger partial charge is 0.445 e. The Hall–Kier alpha value is 0.711. The molecule has 5 heteroatoms. The van der Waals surface area contributed by atoms with E-state index in [2.05, 4.69) is 0 Å². The summed E-state index contributed by atoms with van der Waals surface area (Å²) in [7, 11) is 0. The molecule has 0 nitrogen and oxygen atoms in total. The molecule has 0 atom stereocenters. The van der Waals surface area contributed by atoms with Crippen molar-refractivity contribution in [2.45, 2.75) is 13.8 Å². The molecular formula is C8H9BF3K. The Bertz CT molecular complexity index is 296. The van der Waals surface area contributed by atoms with Gasteiger partial charge in [0.2, 0.25) is 0 Å². The summed E-state index contributed by atoms with van der Waals surface area (Å²) in [6.45, 7) is -1.67. The summed E-state index contributed by atoms with van der Waals surface area (Å²) in [5.41, 5.74) is 0.548. The van der Waals surface area contributed by atoms with E-state index in [-0.39, 0.29) is 51.4 Å². The normalized spacial score (nSPS) is 10.8. The molecule has 0 spiro atoms. The van der Waals surface area contributed by atoms with E-state index < -0.39 is 12.4 Å². The minimum Gasteiger partial charge on any atom is -0.445 e. The molecule has 1 aromatic rings. The maximum atomic E-state index is 12.3. The Kier molecular flexibility index (Phi) is 5.25. The number of hydrogen-bond acceptors (Lipinski definition) is 0. The van der Waals surface area contributed by atoms with Gasteiger partial charge in [-0.3, -0.25) is 0 Å². The summed E-state index contributed by atoms with van der Waals surface area (Å²) in [5, 5.41) is 0. The van der Waals surface area contributed by atoms with E-state index in [1.165, 1.54) is 13.0 Å². The number of halogens is 3. The van der Waals surface area contributed by atoms with Crippen molar-refractivity contribution in [1.29, 1.82) is 0 Å². The van der Waals surface area contributed by atoms with E-state index in [1.54, 1.807) is 13.0 Å². The van der Waals surface area contributed by atoms with Crippen LogP contribution in [-0.4, -0.2) is 6.98 Å². The van der Waals surface area contributed by atoms with Crippen molar-refractivity contribution in [3.05, 3.63) is 29.3 Å². The molecule has 66 valence electrons. The van der Waals surface area contributed by atoms with Crippen LogP contribution in [0.2, 0.25) is 0 Å². The second-order valence-electron chi connectivity index (χ2n) is 2.86. The molecule has 0 aliphatic carbocycles. The van der Waals surface area contributed by atoms with Crippen LogP contribution in [0.3, 0.4) is 0 Å². The van der Waals surface area contributed by atoms with Gasteiger partial charge in [-0.2, -0.15) is 0 Å². The van der Waals surface area contributed by atoms with E-state index in [1.807, 2.05) is 0 Å². The molecule has 13 heavy (non-hydrogen) atoms. The molecule has 0 saturated carbocycles. The molecule has 0 amide bonds. The molecule has 0 fully saturated rings. The minimum absolute atomic E-state index is 0. The third-order valence-corrected chi connectivity index (χ3v) is 2.00. The minimum atomic E-state index is -4.85. The first-order chi connectivity index (χ1) is 5.43. The molecule has 0 unspecified atom stereocenters. The average molecular weight is 212 g/mol. The number of hydrogen-bond donors (Lipinski definition) is 0. The van der Waals surface area contributed by atoms with Crippen molar-refractivity contribution in [1.82, 2.24) is 0 Å². The maximum Gasteiger partial charge on any atom is 1.00 e. The van der Waals surface area contributed by atoms with E-state index >= 15 is 0 Å². The second kappa shape index (κ2) is 4.98. The van der Waals surface area contributed by atoms with Crippen LogP contribution in [0.5, 0.6) is 0 Å². The van der Waals surface area contributed by atoms with Gasteiger partial charge in [0.1, 0.15) is 0 Å². The van der Waals surface area contributed by atoms with Crippen molar-refractivity contribution in [2.75, 3.05) is 0 Å². The molecule has 0 aliphatic rings. The molecule has 0 aliphatic heterocycles. The van der Waals surface area contributed by atoms with Crippen LogP contribution in [0.1, 0.15) is 11.1 Å². The fourth-order valence-electron chi connectivity index (χ4n) is 1.13. The molecule has 0 N–H and O–H groups in total. The fourth-order valence-corrected chi connectivity index (χ4v) is 1.13. The first kappa shape index (κ1) is 13.7. The Morgan fingerprint density at radius 1 is 1.08 bits per heavy atom. The maximum absolute atomic E-state index is 12.3. The van der Waals surface area contributed by atoms with Crippen LogP contribution in [0.15, 0.2) is 18.2 Å². The summed E-state index contributed by atoms with van der Waals surface area (Å²) in [5.74, 6) is 0. The summed E-state index contributed by atoms with van der Waals surface area (Å²) in [4.78, 5) is 0. The molecule has 0 radical (unpaired) electrons. The monoisotopic (exact) mass is 212 g/mol. The third kappa shape index (κ3) is 3.40. The SMILES string of the molecule is Cc1cccc([B-](F)(F)F)c1C.[K+]. The molecule has 1 rings (SSSR count). The first-order valence-corrected chi connectivity index (χ1v) is 3.69. The predicted octanol–water partition coefficient (Wildman–Crippen LogP) is -0.638. The van der Waals surface area contributed by atoms with Crippen LogP contribution in [0.25, 0.3) is 0 Å². The summed E-state index contributed by atoms with van der Waals surface area (Å²) < 4.78 is 36.9. The van der Waals surface area contributed by atoms with Crippen molar-refractivity contribution < 1.29 is 64.3 Å². The van der Waals surface area contributed by atoms with Gasteiger partial charge in [-0.25, -0.2) is 0 Å². The van der Waals surface area contributed by atoms with Gasteiger partial charge in [0.15, 0.2) is 0 Å². The molecule has 0 bridgehead atoms. The van der Waals surface area contributed by atoms with Crippen LogP contribution >= 0.6 is 0 Å². The zero-order valence-electron chi connectivity index (χ0n) is 7.94. The van der Waals surface area contributed by atoms with E-state index in [0.29, 0.717) is 11.1 Å². The van der Waals surface area contributed by atoms with Crippen LogP contribution in [-0.2, 0) is 0 Å². The Labute approximate surface area is 118 Å². The van der Waals surface area contributed by atoms with Gasteiger partial charge in [-0.05, 0) is 13.8 Å². The zero-order chi connectivity index (χ0) is 9.35. The Morgan fingerprint density at radius 2 is 1.62 bits per heavy atom. The van der Waals surface area contributed by atoms with Gasteiger partial charge in [0, 0.05) is 0 Å². The Morgan fingerprint density at radius 3 is 2.00 bits per heavy atom. The quantitative estimate of drug-likeness (QED) is 0.543. The van der Waals surface area contributed by atoms with Crippen LogP contribution in [0.4, 0.5) is 12.9 Å². The first-order valence-electron chi connectivity index (χ1n) is 3.69. The van der Waals surface area contributed by atoms with Crippen molar-refractivity contribution >= 4 is 12.4 Å². The molecule has 1 aromatic carbocycles. The molecule has 0 saturated heterocycles. The predicted molar refractivity (Wildman–Crippen MR) is 44.6 cm³/mol. The van der Waals surface area contributed by atoms with Gasteiger partial charge in [0.25, 0.3) is 0 Å². The van der Waals surface area contributed by atoms with Gasteiger partial charge in [-0.15, -0.1) is 5.46 Å². The van der Waals surface area contributed by atoms with Crippen molar-refractivity contribution in [3.63, 3.8) is 0 Å². The molecular weight excluding hydrogens is 203 g/mol. The van der Waals surface area contributed by atoms with E-state index in [0.717, 1.165) is 6.07 Å². The van der Waals surface area contributed by atoms with Crippen LogP contribution in [0, 0.1) is 13.8 Å². The van der Waals surface area contributed by atoms with Gasteiger partial charge in [-0.1, -0.05) is 29.3 Å². The van der Waals surface area contributed by atoms with Gasteiger partial charge < -0.3 is 12.9 Å². The van der Waals surface area contributed by atoms with Crippen molar-refractivity contribution in [2.24, 2.45) is 0 Å². The summed E-state index contributed by atoms with van der Waals surface area (Å²) in [6.07, 6.45) is 0. The third-order valence-electron chi connectivity index (χ3n) is 2.00. The average Bonchev–Trinajstić information content (AvgIpc) is 1.92. The zero-order valence-corrected chi connectivity index (χ0v) is 11.1. The van der Waals surface area contributed by atoms with Crippen molar-refractivity contribution in [3.8, 4) is 0 Å². The number of aryl methyl sites for hydroxylation is 1. The molecule has 0 heterocycles. The summed E-state index contributed by atoms with van der Waals surface area (Å²) in [6, 6.07) is 4.25. The largest absolute Gasteiger partial charge is 1.00 e. The number of benzene rings is 1. The Balaban J connectivity index is 0.00000144. The van der Waals surface area contributed by atoms with E-state index in [9.17, 15) is 12.9 Å². The van der Waals surface area contributed by atoms with Gasteiger partial charge >= 0.3 is 58.4 Å². The second-order valence-corrected chi connectivity index (χ2v) is 2.86. The summed E-state index contributed by atoms with van der Waals surface area (Å²) >= 11 is 0.